The van der Waals surface area contributed by atoms with Gasteiger partial charge in [-0.15, -0.1) is 0 Å². The number of hydrogen-bond acceptors (Lipinski definition) is 10. The molecule has 0 saturated carbocycles. The number of esters is 1. The van der Waals surface area contributed by atoms with Crippen molar-refractivity contribution >= 4 is 27.9 Å². The van der Waals surface area contributed by atoms with Crippen LogP contribution in [0.2, 0.25) is 0 Å². The predicted molar refractivity (Wildman–Crippen MR) is 193 cm³/mol. The third-order valence-corrected chi connectivity index (χ3v) is 12.5. The molecule has 3 aromatic carbocycles. The number of anilines is 1. The van der Waals surface area contributed by atoms with Gasteiger partial charge in [0.2, 0.25) is 0 Å². The minimum absolute atomic E-state index is 0.00441. The summed E-state index contributed by atoms with van der Waals surface area (Å²) in [7, 11) is -2.93. The van der Waals surface area contributed by atoms with Crippen molar-refractivity contribution in [3.8, 4) is 0 Å². The number of methoxy groups -OCH3 is 1. The molecule has 0 unspecified atom stereocenters. The number of para-hydroxylation sites is 1. The average molecular weight is 731 g/mol. The van der Waals surface area contributed by atoms with Crippen LogP contribution in [-0.2, 0) is 50.1 Å². The van der Waals surface area contributed by atoms with Crippen molar-refractivity contribution in [2.75, 3.05) is 32.2 Å². The molecule has 0 aromatic heterocycles. The molecule has 3 aromatic rings. The molecule has 1 aliphatic carbocycles. The van der Waals surface area contributed by atoms with Crippen molar-refractivity contribution in [2.24, 2.45) is 11.8 Å². The highest BCUT2D eigenvalue weighted by atomic mass is 32.2. The maximum absolute atomic E-state index is 14.3. The van der Waals surface area contributed by atoms with Gasteiger partial charge >= 0.3 is 12.1 Å². The number of carbonyl (C=O) groups is 2. The number of fused-ring (bicyclic) bond motifs is 1. The highest BCUT2D eigenvalue weighted by molar-refractivity contribution is 7.86. The molecule has 12 heteroatoms. The first-order valence-electron chi connectivity index (χ1n) is 17.8. The number of rotatable bonds is 10. The van der Waals surface area contributed by atoms with Gasteiger partial charge in [0.1, 0.15) is 6.61 Å². The summed E-state index contributed by atoms with van der Waals surface area (Å²) in [4.78, 5) is 30.2. The van der Waals surface area contributed by atoms with Crippen LogP contribution in [0.1, 0.15) is 56.7 Å². The second-order valence-corrected chi connectivity index (χ2v) is 16.3. The first kappa shape index (κ1) is 36.1. The number of hydrogen-bond donors (Lipinski definition) is 1. The zero-order chi connectivity index (χ0) is 36.9. The fraction of sp³-hybridized carbons (Fsp3) is 0.450. The third-order valence-electron chi connectivity index (χ3n) is 11.2. The summed E-state index contributed by atoms with van der Waals surface area (Å²) in [5.41, 5.74) is 2.73. The summed E-state index contributed by atoms with van der Waals surface area (Å²) in [6.45, 7) is 7.92. The van der Waals surface area contributed by atoms with Gasteiger partial charge in [0.25, 0.3) is 10.1 Å². The fourth-order valence-electron chi connectivity index (χ4n) is 8.80. The smallest absolute Gasteiger partial charge is 0.410 e. The van der Waals surface area contributed by atoms with Gasteiger partial charge in [0, 0.05) is 23.8 Å². The summed E-state index contributed by atoms with van der Waals surface area (Å²) in [5, 5.41) is 3.54. The van der Waals surface area contributed by atoms with E-state index in [1.807, 2.05) is 82.3 Å². The number of aryl methyl sites for hydroxylation is 1. The Labute approximate surface area is 305 Å². The molecule has 11 nitrogen and oxygen atoms in total. The van der Waals surface area contributed by atoms with Crippen LogP contribution >= 0.6 is 0 Å². The highest BCUT2D eigenvalue weighted by Crippen LogP contribution is 2.62. The van der Waals surface area contributed by atoms with Crippen molar-refractivity contribution in [3.63, 3.8) is 0 Å². The number of carbonyl (C=O) groups excluding carboxylic acids is 2. The van der Waals surface area contributed by atoms with Crippen molar-refractivity contribution in [1.29, 1.82) is 0 Å². The standard InChI is InChI=1S/C40H46N2O9S/c1-6-39(25-49-38(3,4)51-39)22-29-30(24-50-52(45,46)28-18-16-26(2)17-19-28)33(36(43)47-5)34-40(31-14-10-11-15-32(31)41-34)20-21-42(35(29)40)37(44)48-23-27-12-8-7-9-13-27/h7-19,29-30,35,41H,6,20-25H2,1-5H3/t29-,30-,35+,39+,40+/m0/s1. The molecule has 3 aliphatic heterocycles. The Morgan fingerprint density at radius 1 is 1.00 bits per heavy atom. The lowest BCUT2D eigenvalue weighted by Gasteiger charge is -2.50. The molecule has 1 amide bonds. The highest BCUT2D eigenvalue weighted by Gasteiger charge is 2.66. The number of likely N-dealkylation sites (tertiary alicyclic amines) is 1. The van der Waals surface area contributed by atoms with E-state index < -0.39 is 56.9 Å². The first-order chi connectivity index (χ1) is 24.8. The van der Waals surface area contributed by atoms with Gasteiger partial charge < -0.3 is 29.2 Å². The van der Waals surface area contributed by atoms with E-state index in [1.165, 1.54) is 19.2 Å². The van der Waals surface area contributed by atoms with E-state index in [9.17, 15) is 18.0 Å². The van der Waals surface area contributed by atoms with E-state index >= 15 is 0 Å². The molecule has 3 heterocycles. The molecule has 52 heavy (non-hydrogen) atoms. The summed E-state index contributed by atoms with van der Waals surface area (Å²) >= 11 is 0. The monoisotopic (exact) mass is 730 g/mol. The minimum Gasteiger partial charge on any atom is -0.466 e. The Morgan fingerprint density at radius 3 is 2.38 bits per heavy atom. The molecule has 1 spiro atoms. The molecule has 2 saturated heterocycles. The largest absolute Gasteiger partial charge is 0.466 e. The molecule has 1 N–H and O–H groups in total. The van der Waals surface area contributed by atoms with E-state index in [-0.39, 0.29) is 24.7 Å². The Hall–Kier alpha value is -4.23. The summed E-state index contributed by atoms with van der Waals surface area (Å²) in [6, 6.07) is 23.2. The van der Waals surface area contributed by atoms with Crippen LogP contribution in [0, 0.1) is 18.8 Å². The molecule has 276 valence electrons. The van der Waals surface area contributed by atoms with Gasteiger partial charge in [-0.3, -0.25) is 4.18 Å². The molecular formula is C40H46N2O9S. The van der Waals surface area contributed by atoms with Crippen molar-refractivity contribution in [2.45, 2.75) is 81.3 Å². The number of ether oxygens (including phenoxy) is 4. The number of nitrogens with zero attached hydrogens (tertiary/aromatic N) is 1. The van der Waals surface area contributed by atoms with Gasteiger partial charge in [0.15, 0.2) is 5.79 Å². The van der Waals surface area contributed by atoms with E-state index in [4.69, 9.17) is 23.1 Å². The van der Waals surface area contributed by atoms with Crippen LogP contribution in [0.15, 0.2) is 95.0 Å². The number of nitrogens with one attached hydrogen (secondary N) is 1. The van der Waals surface area contributed by atoms with Crippen molar-refractivity contribution < 1.29 is 41.1 Å². The molecule has 5 atom stereocenters. The Balaban J connectivity index is 1.38. The van der Waals surface area contributed by atoms with E-state index in [0.717, 1.165) is 22.4 Å². The quantitative estimate of drug-likeness (QED) is 0.183. The lowest BCUT2D eigenvalue weighted by atomic mass is 9.58. The van der Waals surface area contributed by atoms with Gasteiger partial charge in [-0.1, -0.05) is 73.2 Å². The molecule has 0 radical (unpaired) electrons. The Bertz CT molecular complexity index is 1980. The van der Waals surface area contributed by atoms with Gasteiger partial charge in [-0.2, -0.15) is 8.42 Å². The van der Waals surface area contributed by atoms with E-state index in [1.54, 1.807) is 17.0 Å². The SMILES string of the molecule is CC[C@@]1(C[C@H]2[C@H](COS(=O)(=O)c3ccc(C)cc3)C(C(=O)OC)=C3Nc4ccccc4[C@]34CCN(C(=O)OCc3ccccc3)[C@H]24)COC(C)(C)O1. The zero-order valence-electron chi connectivity index (χ0n) is 30.2. The lowest BCUT2D eigenvalue weighted by molar-refractivity contribution is -0.168. The maximum atomic E-state index is 14.3. The summed E-state index contributed by atoms with van der Waals surface area (Å²) in [6.07, 6.45) is 0.892. The normalized spacial score (nSPS) is 27.4. The number of amides is 1. The van der Waals surface area contributed by atoms with Crippen LogP contribution in [0.3, 0.4) is 0 Å². The lowest BCUT2D eigenvalue weighted by Crippen LogP contribution is -2.58. The first-order valence-corrected chi connectivity index (χ1v) is 19.2. The second kappa shape index (κ2) is 13.6. The fourth-order valence-corrected chi connectivity index (χ4v) is 9.74. The molecular weight excluding hydrogens is 685 g/mol. The van der Waals surface area contributed by atoms with Crippen LogP contribution < -0.4 is 5.32 Å². The summed E-state index contributed by atoms with van der Waals surface area (Å²) in [5.74, 6) is -2.89. The zero-order valence-corrected chi connectivity index (χ0v) is 31.0. The molecule has 2 fully saturated rings. The Kier molecular flexibility index (Phi) is 9.48. The third kappa shape index (κ3) is 6.29. The van der Waals surface area contributed by atoms with E-state index in [0.29, 0.717) is 37.1 Å². The van der Waals surface area contributed by atoms with Crippen LogP contribution in [0.4, 0.5) is 10.5 Å². The Morgan fingerprint density at radius 2 is 1.71 bits per heavy atom. The number of benzene rings is 3. The van der Waals surface area contributed by atoms with Crippen molar-refractivity contribution in [1.82, 2.24) is 4.90 Å². The van der Waals surface area contributed by atoms with Crippen LogP contribution in [-0.4, -0.2) is 69.7 Å². The predicted octanol–water partition coefficient (Wildman–Crippen LogP) is 6.47. The molecule has 0 bridgehead atoms. The van der Waals surface area contributed by atoms with E-state index in [2.05, 4.69) is 5.32 Å². The average Bonchev–Trinajstić information content (AvgIpc) is 3.80. The minimum atomic E-state index is -4.25. The molecule has 4 aliphatic rings. The van der Waals surface area contributed by atoms with Gasteiger partial charge in [0.05, 0.1) is 47.9 Å². The van der Waals surface area contributed by atoms with Gasteiger partial charge in [-0.05, 0) is 75.3 Å². The van der Waals surface area contributed by atoms with Crippen LogP contribution in [0.5, 0.6) is 0 Å². The van der Waals surface area contributed by atoms with Gasteiger partial charge in [-0.25, -0.2) is 9.59 Å². The second-order valence-electron chi connectivity index (χ2n) is 14.7. The summed E-state index contributed by atoms with van der Waals surface area (Å²) < 4.78 is 57.6. The topological polar surface area (TPSA) is 130 Å². The van der Waals surface area contributed by atoms with Crippen molar-refractivity contribution in [3.05, 3.63) is 107 Å². The maximum Gasteiger partial charge on any atom is 0.410 e. The van der Waals surface area contributed by atoms with Crippen LogP contribution in [0.25, 0.3) is 0 Å². The molecule has 7 rings (SSSR count).